The van der Waals surface area contributed by atoms with Gasteiger partial charge in [0.05, 0.1) is 11.3 Å². The average Bonchev–Trinajstić information content (AvgIpc) is 2.81. The Labute approximate surface area is 153 Å². The highest BCUT2D eigenvalue weighted by Crippen LogP contribution is 2.32. The molecule has 1 aromatic carbocycles. The highest BCUT2D eigenvalue weighted by molar-refractivity contribution is 8.26. The first-order chi connectivity index (χ1) is 11.8. The van der Waals surface area contributed by atoms with Crippen molar-refractivity contribution in [2.75, 3.05) is 6.54 Å². The van der Waals surface area contributed by atoms with E-state index >= 15 is 0 Å². The Bertz CT molecular complexity index is 743. The molecule has 1 heterocycles. The lowest BCUT2D eigenvalue weighted by molar-refractivity contribution is -0.144. The molecule has 1 amide bonds. The number of thiocarbonyl (C=S) groups is 1. The van der Waals surface area contributed by atoms with Gasteiger partial charge in [0.25, 0.3) is 5.91 Å². The lowest BCUT2D eigenvalue weighted by atomic mass is 10.2. The van der Waals surface area contributed by atoms with E-state index in [4.69, 9.17) is 27.2 Å². The second-order valence-corrected chi connectivity index (χ2v) is 6.82. The van der Waals surface area contributed by atoms with Crippen LogP contribution in [0, 0.1) is 0 Å². The van der Waals surface area contributed by atoms with Crippen LogP contribution in [0.1, 0.15) is 18.9 Å². The first kappa shape index (κ1) is 18.9. The summed E-state index contributed by atoms with van der Waals surface area (Å²) in [6.07, 6.45) is 0.509. The molecule has 0 bridgehead atoms. The first-order valence-electron chi connectivity index (χ1n) is 7.24. The standard InChI is InChI=1S/C16H15NO6S2/c1-9(15(21)22)23-11-4-2-10(3-5-11)8-12-14(20)17(16(24)25-12)7-6-13(18)19/h2-5,8-9H,6-7H2,1H3,(H,18,19)(H,21,22)/b12-8-. The number of carbonyl (C=O) groups is 3. The number of carbonyl (C=O) groups excluding carboxylic acids is 1. The molecule has 25 heavy (non-hydrogen) atoms. The van der Waals surface area contributed by atoms with Crippen LogP contribution in [-0.4, -0.2) is 49.9 Å². The fourth-order valence-corrected chi connectivity index (χ4v) is 3.26. The fourth-order valence-electron chi connectivity index (χ4n) is 1.95. The van der Waals surface area contributed by atoms with Gasteiger partial charge in [-0.15, -0.1) is 0 Å². The van der Waals surface area contributed by atoms with Gasteiger partial charge in [-0.25, -0.2) is 4.79 Å². The van der Waals surface area contributed by atoms with Crippen molar-refractivity contribution in [3.05, 3.63) is 34.7 Å². The van der Waals surface area contributed by atoms with E-state index in [2.05, 4.69) is 0 Å². The van der Waals surface area contributed by atoms with Crippen molar-refractivity contribution in [2.24, 2.45) is 0 Å². The molecule has 0 spiro atoms. The van der Waals surface area contributed by atoms with Gasteiger partial charge >= 0.3 is 11.9 Å². The molecule has 1 unspecified atom stereocenters. The van der Waals surface area contributed by atoms with Crippen LogP contribution in [0.3, 0.4) is 0 Å². The zero-order chi connectivity index (χ0) is 18.6. The summed E-state index contributed by atoms with van der Waals surface area (Å²) in [4.78, 5) is 35.4. The summed E-state index contributed by atoms with van der Waals surface area (Å²) in [5.74, 6) is -1.98. The van der Waals surface area contributed by atoms with E-state index in [1.165, 1.54) is 11.8 Å². The van der Waals surface area contributed by atoms with Gasteiger partial charge < -0.3 is 14.9 Å². The second kappa shape index (κ2) is 8.13. The molecular weight excluding hydrogens is 366 g/mol. The summed E-state index contributed by atoms with van der Waals surface area (Å²) in [5.41, 5.74) is 0.717. The van der Waals surface area contributed by atoms with Crippen molar-refractivity contribution in [3.8, 4) is 5.75 Å². The molecule has 1 fully saturated rings. The van der Waals surface area contributed by atoms with Crippen molar-refractivity contribution in [3.63, 3.8) is 0 Å². The molecule has 1 aliphatic rings. The molecule has 0 radical (unpaired) electrons. The lowest BCUT2D eigenvalue weighted by Crippen LogP contribution is -2.30. The first-order valence-corrected chi connectivity index (χ1v) is 8.47. The normalized spacial score (nSPS) is 17.0. The largest absolute Gasteiger partial charge is 0.481 e. The van der Waals surface area contributed by atoms with Gasteiger partial charge in [-0.05, 0) is 30.7 Å². The summed E-state index contributed by atoms with van der Waals surface area (Å²) in [6.45, 7) is 1.47. The van der Waals surface area contributed by atoms with Crippen molar-refractivity contribution in [1.82, 2.24) is 4.90 Å². The summed E-state index contributed by atoms with van der Waals surface area (Å²) in [6, 6.07) is 6.59. The zero-order valence-electron chi connectivity index (χ0n) is 13.2. The Morgan fingerprint density at radius 1 is 1.32 bits per heavy atom. The van der Waals surface area contributed by atoms with Crippen LogP contribution in [0.4, 0.5) is 0 Å². The van der Waals surface area contributed by atoms with Gasteiger partial charge in [0, 0.05) is 6.54 Å². The van der Waals surface area contributed by atoms with Crippen LogP contribution in [0.5, 0.6) is 5.75 Å². The van der Waals surface area contributed by atoms with E-state index in [-0.39, 0.29) is 18.9 Å². The number of rotatable bonds is 7. The molecule has 1 atom stereocenters. The van der Waals surface area contributed by atoms with E-state index < -0.39 is 18.0 Å². The smallest absolute Gasteiger partial charge is 0.344 e. The van der Waals surface area contributed by atoms with Crippen molar-refractivity contribution in [1.29, 1.82) is 0 Å². The molecule has 2 rings (SSSR count). The van der Waals surface area contributed by atoms with Crippen LogP contribution in [0.15, 0.2) is 29.2 Å². The number of thioether (sulfide) groups is 1. The third-order valence-corrected chi connectivity index (χ3v) is 4.64. The number of carboxylic acids is 2. The third-order valence-electron chi connectivity index (χ3n) is 3.26. The third kappa shape index (κ3) is 5.04. The predicted molar refractivity (Wildman–Crippen MR) is 96.3 cm³/mol. The van der Waals surface area contributed by atoms with Crippen LogP contribution < -0.4 is 4.74 Å². The Balaban J connectivity index is 2.07. The van der Waals surface area contributed by atoms with Gasteiger partial charge in [0.15, 0.2) is 6.10 Å². The van der Waals surface area contributed by atoms with Gasteiger partial charge in [-0.3, -0.25) is 14.5 Å². The molecule has 7 nitrogen and oxygen atoms in total. The van der Waals surface area contributed by atoms with Crippen LogP contribution >= 0.6 is 24.0 Å². The summed E-state index contributed by atoms with van der Waals surface area (Å²) in [5, 5.41) is 17.5. The lowest BCUT2D eigenvalue weighted by Gasteiger charge is -2.12. The minimum Gasteiger partial charge on any atom is -0.481 e. The number of nitrogens with zero attached hydrogens (tertiary/aromatic N) is 1. The van der Waals surface area contributed by atoms with E-state index in [0.29, 0.717) is 20.5 Å². The molecule has 0 aliphatic carbocycles. The van der Waals surface area contributed by atoms with Gasteiger partial charge in [0.1, 0.15) is 10.1 Å². The number of hydrogen-bond acceptors (Lipinski definition) is 6. The SMILES string of the molecule is CC(Oc1ccc(/C=C2\SC(=S)N(CCC(=O)O)C2=O)cc1)C(=O)O. The quantitative estimate of drug-likeness (QED) is 0.547. The maximum absolute atomic E-state index is 12.3. The predicted octanol–water partition coefficient (Wildman–Crippen LogP) is 2.21. The summed E-state index contributed by atoms with van der Waals surface area (Å²) >= 11 is 6.23. The van der Waals surface area contributed by atoms with Crippen molar-refractivity contribution < 1.29 is 29.3 Å². The number of amides is 1. The molecule has 1 saturated heterocycles. The Kier molecular flexibility index (Phi) is 6.16. The van der Waals surface area contributed by atoms with Crippen LogP contribution in [0.25, 0.3) is 6.08 Å². The number of aliphatic carboxylic acids is 2. The topological polar surface area (TPSA) is 104 Å². The molecule has 1 aromatic rings. The summed E-state index contributed by atoms with van der Waals surface area (Å²) < 4.78 is 5.56. The van der Waals surface area contributed by atoms with E-state index in [1.54, 1.807) is 30.3 Å². The van der Waals surface area contributed by atoms with Gasteiger partial charge in [-0.1, -0.05) is 36.1 Å². The minimum atomic E-state index is -1.06. The highest BCUT2D eigenvalue weighted by atomic mass is 32.2. The monoisotopic (exact) mass is 381 g/mol. The van der Waals surface area contributed by atoms with Crippen molar-refractivity contribution >= 4 is 52.2 Å². The zero-order valence-corrected chi connectivity index (χ0v) is 14.8. The fraction of sp³-hybridized carbons (Fsp3) is 0.250. The molecule has 2 N–H and O–H groups in total. The molecule has 9 heteroatoms. The number of hydrogen-bond donors (Lipinski definition) is 2. The summed E-state index contributed by atoms with van der Waals surface area (Å²) in [7, 11) is 0. The Morgan fingerprint density at radius 2 is 1.96 bits per heavy atom. The highest BCUT2D eigenvalue weighted by Gasteiger charge is 2.32. The van der Waals surface area contributed by atoms with Crippen LogP contribution in [-0.2, 0) is 14.4 Å². The van der Waals surface area contributed by atoms with Crippen molar-refractivity contribution in [2.45, 2.75) is 19.4 Å². The van der Waals surface area contributed by atoms with E-state index in [0.717, 1.165) is 11.8 Å². The number of carboxylic acid groups (broad SMARTS) is 2. The molecule has 132 valence electrons. The number of benzene rings is 1. The maximum Gasteiger partial charge on any atom is 0.344 e. The minimum absolute atomic E-state index is 0.0389. The van der Waals surface area contributed by atoms with Gasteiger partial charge in [0.2, 0.25) is 0 Å². The Hall–Kier alpha value is -2.39. The second-order valence-electron chi connectivity index (χ2n) is 5.14. The van der Waals surface area contributed by atoms with Crippen LogP contribution in [0.2, 0.25) is 0 Å². The molecule has 0 saturated carbocycles. The van der Waals surface area contributed by atoms with Gasteiger partial charge in [-0.2, -0.15) is 0 Å². The van der Waals surface area contributed by atoms with E-state index in [9.17, 15) is 14.4 Å². The number of ether oxygens (including phenoxy) is 1. The maximum atomic E-state index is 12.3. The Morgan fingerprint density at radius 3 is 2.52 bits per heavy atom. The average molecular weight is 381 g/mol. The molecular formula is C16H15NO6S2. The molecule has 0 aromatic heterocycles. The molecule has 1 aliphatic heterocycles. The van der Waals surface area contributed by atoms with E-state index in [1.807, 2.05) is 0 Å².